The van der Waals surface area contributed by atoms with E-state index in [1.807, 2.05) is 13.1 Å². The fraction of sp³-hybridized carbons (Fsp3) is 0.929. The van der Waals surface area contributed by atoms with Gasteiger partial charge in [-0.05, 0) is 12.8 Å². The van der Waals surface area contributed by atoms with E-state index in [-0.39, 0.29) is 0 Å². The molecule has 0 unspecified atom stereocenters. The average Bonchev–Trinajstić information content (AvgIpc) is 2.59. The van der Waals surface area contributed by atoms with Crippen molar-refractivity contribution in [3.63, 3.8) is 0 Å². The van der Waals surface area contributed by atoms with E-state index in [1.54, 1.807) is 28.4 Å². The minimum absolute atomic E-state index is 0.688. The summed E-state index contributed by atoms with van der Waals surface area (Å²) in [6.07, 6.45) is 6.96. The first kappa shape index (κ1) is 22.7. The Morgan fingerprint density at radius 3 is 1.83 bits per heavy atom. The number of unbranched alkanes of at least 4 members (excludes halogenated alkanes) is 4. The molecule has 0 atom stereocenters. The molecule has 0 bridgehead atoms. The zero-order valence-electron chi connectivity index (χ0n) is 15.4. The van der Waals surface area contributed by atoms with Gasteiger partial charge in [0, 0.05) is 54.7 Å². The van der Waals surface area contributed by atoms with Crippen molar-refractivity contribution < 1.29 is 26.6 Å². The first-order chi connectivity index (χ1) is 10.9. The molecule has 0 aromatic rings. The summed E-state index contributed by atoms with van der Waals surface area (Å²) in [7, 11) is 1.57. The highest BCUT2D eigenvalue weighted by Crippen LogP contribution is 2.09. The molecule has 0 aliphatic carbocycles. The van der Waals surface area contributed by atoms with Crippen LogP contribution in [0.5, 0.6) is 0 Å². The van der Waals surface area contributed by atoms with Crippen molar-refractivity contribution in [3.05, 3.63) is 0 Å². The predicted molar refractivity (Wildman–Crippen MR) is 94.8 cm³/mol. The van der Waals surface area contributed by atoms with E-state index in [4.69, 9.17) is 26.6 Å². The second kappa shape index (κ2) is 13.0. The molecule has 0 fully saturated rings. The van der Waals surface area contributed by atoms with Gasteiger partial charge in [-0.2, -0.15) is 0 Å². The lowest BCUT2D eigenvalue weighted by atomic mass is 10.1. The van der Waals surface area contributed by atoms with Gasteiger partial charge in [-0.25, -0.2) is 0 Å². The first-order valence-corrected chi connectivity index (χ1v) is 12.4. The molecule has 0 amide bonds. The SMILES string of the molecule is CO[Si](C)(OC)OC=NCCCCCCCO[Si](C)(OC)OC. The van der Waals surface area contributed by atoms with Crippen LogP contribution < -0.4 is 0 Å². The predicted octanol–water partition coefficient (Wildman–Crippen LogP) is 2.72. The van der Waals surface area contributed by atoms with Gasteiger partial charge in [-0.1, -0.05) is 19.3 Å². The van der Waals surface area contributed by atoms with Crippen LogP contribution in [0.15, 0.2) is 4.99 Å². The van der Waals surface area contributed by atoms with E-state index in [1.165, 1.54) is 12.8 Å². The molecule has 0 aliphatic heterocycles. The Bertz CT molecular complexity index is 312. The summed E-state index contributed by atoms with van der Waals surface area (Å²) >= 11 is 0. The standard InChI is InChI=1S/C14H33NO6Si2/c1-16-22(5,17-2)20-13-11-9-7-8-10-12-15-14-21-23(6,18-3)19-4/h14H,7-13H2,1-6H3. The lowest BCUT2D eigenvalue weighted by Gasteiger charge is -2.21. The highest BCUT2D eigenvalue weighted by atomic mass is 28.4. The van der Waals surface area contributed by atoms with Crippen LogP contribution in [0.3, 0.4) is 0 Å². The lowest BCUT2D eigenvalue weighted by molar-refractivity contribution is 0.104. The Hall–Kier alpha value is -0.296. The third-order valence-electron chi connectivity index (χ3n) is 3.62. The van der Waals surface area contributed by atoms with E-state index in [2.05, 4.69) is 4.99 Å². The molecule has 0 rings (SSSR count). The van der Waals surface area contributed by atoms with Crippen LogP contribution in [0, 0.1) is 0 Å². The number of hydrogen-bond acceptors (Lipinski definition) is 7. The number of hydrogen-bond donors (Lipinski definition) is 0. The zero-order valence-corrected chi connectivity index (χ0v) is 17.4. The Balaban J connectivity index is 3.50. The topological polar surface area (TPSA) is 67.7 Å². The smallest absolute Gasteiger partial charge is 0.492 e. The first-order valence-electron chi connectivity index (χ1n) is 7.96. The van der Waals surface area contributed by atoms with E-state index in [0.717, 1.165) is 32.2 Å². The number of aliphatic imine (C=N–C) groups is 1. The van der Waals surface area contributed by atoms with E-state index >= 15 is 0 Å². The summed E-state index contributed by atoms with van der Waals surface area (Å²) in [4.78, 5) is 4.22. The molecule has 0 radical (unpaired) electrons. The fourth-order valence-corrected chi connectivity index (χ4v) is 3.20. The van der Waals surface area contributed by atoms with Gasteiger partial charge in [0.1, 0.15) is 0 Å². The maximum absolute atomic E-state index is 5.68. The van der Waals surface area contributed by atoms with Crippen molar-refractivity contribution in [1.82, 2.24) is 0 Å². The quantitative estimate of drug-likeness (QED) is 0.192. The molecule has 0 aromatic heterocycles. The minimum atomic E-state index is -2.49. The Morgan fingerprint density at radius 2 is 1.26 bits per heavy atom. The second-order valence-corrected chi connectivity index (χ2v) is 10.9. The summed E-state index contributed by atoms with van der Waals surface area (Å²) < 4.78 is 32.0. The third kappa shape index (κ3) is 11.0. The summed E-state index contributed by atoms with van der Waals surface area (Å²) in [6.45, 7) is 5.16. The van der Waals surface area contributed by atoms with Crippen LogP contribution in [0.1, 0.15) is 32.1 Å². The summed E-state index contributed by atoms with van der Waals surface area (Å²) in [5.74, 6) is 0. The van der Waals surface area contributed by atoms with Gasteiger partial charge in [0.2, 0.25) is 0 Å². The van der Waals surface area contributed by atoms with Crippen LogP contribution in [-0.4, -0.2) is 65.6 Å². The van der Waals surface area contributed by atoms with E-state index in [0.29, 0.717) is 6.61 Å². The molecule has 0 saturated heterocycles. The molecule has 9 heteroatoms. The Morgan fingerprint density at radius 1 is 0.739 bits per heavy atom. The highest BCUT2D eigenvalue weighted by molar-refractivity contribution is 6.60. The van der Waals surface area contributed by atoms with Crippen molar-refractivity contribution in [2.45, 2.75) is 45.2 Å². The van der Waals surface area contributed by atoms with Gasteiger partial charge >= 0.3 is 17.6 Å². The second-order valence-electron chi connectivity index (χ2n) is 5.29. The van der Waals surface area contributed by atoms with Gasteiger partial charge in [-0.3, -0.25) is 4.99 Å². The number of rotatable bonds is 15. The van der Waals surface area contributed by atoms with Gasteiger partial charge in [-0.15, -0.1) is 0 Å². The maximum Gasteiger partial charge on any atom is 0.562 e. The van der Waals surface area contributed by atoms with Crippen LogP contribution >= 0.6 is 0 Å². The monoisotopic (exact) mass is 367 g/mol. The molecular weight excluding hydrogens is 334 g/mol. The van der Waals surface area contributed by atoms with Crippen LogP contribution in [0.4, 0.5) is 0 Å². The molecule has 23 heavy (non-hydrogen) atoms. The minimum Gasteiger partial charge on any atom is -0.492 e. The van der Waals surface area contributed by atoms with Crippen molar-refractivity contribution >= 4 is 24.0 Å². The molecule has 0 spiro atoms. The molecule has 138 valence electrons. The van der Waals surface area contributed by atoms with Gasteiger partial charge < -0.3 is 26.6 Å². The third-order valence-corrected chi connectivity index (χ3v) is 7.85. The van der Waals surface area contributed by atoms with Crippen LogP contribution in [0.25, 0.3) is 0 Å². The van der Waals surface area contributed by atoms with Crippen molar-refractivity contribution in [2.75, 3.05) is 41.6 Å². The Labute approximate surface area is 143 Å². The maximum atomic E-state index is 5.68. The zero-order chi connectivity index (χ0) is 17.6. The number of nitrogens with zero attached hydrogens (tertiary/aromatic N) is 1. The van der Waals surface area contributed by atoms with Gasteiger partial charge in [0.15, 0.2) is 6.40 Å². The van der Waals surface area contributed by atoms with Crippen molar-refractivity contribution in [3.8, 4) is 0 Å². The molecule has 0 heterocycles. The van der Waals surface area contributed by atoms with Crippen molar-refractivity contribution in [2.24, 2.45) is 4.99 Å². The van der Waals surface area contributed by atoms with Gasteiger partial charge in [0.05, 0.1) is 0 Å². The highest BCUT2D eigenvalue weighted by Gasteiger charge is 2.33. The normalized spacial score (nSPS) is 13.0. The lowest BCUT2D eigenvalue weighted by Crippen LogP contribution is -2.40. The largest absolute Gasteiger partial charge is 0.562 e. The molecular formula is C14H33NO6Si2. The Kier molecular flexibility index (Phi) is 12.9. The molecule has 7 nitrogen and oxygen atoms in total. The van der Waals surface area contributed by atoms with Crippen LogP contribution in [-0.2, 0) is 26.6 Å². The average molecular weight is 368 g/mol. The van der Waals surface area contributed by atoms with E-state index < -0.39 is 17.6 Å². The summed E-state index contributed by atoms with van der Waals surface area (Å²) in [5, 5.41) is 0. The summed E-state index contributed by atoms with van der Waals surface area (Å²) in [6, 6.07) is 0. The van der Waals surface area contributed by atoms with Gasteiger partial charge in [0.25, 0.3) is 0 Å². The molecule has 0 saturated carbocycles. The molecule has 0 N–H and O–H groups in total. The van der Waals surface area contributed by atoms with Crippen LogP contribution in [0.2, 0.25) is 13.1 Å². The molecule has 0 aromatic carbocycles. The molecule has 0 aliphatic rings. The van der Waals surface area contributed by atoms with Crippen molar-refractivity contribution in [1.29, 1.82) is 0 Å². The fourth-order valence-electron chi connectivity index (χ4n) is 1.66. The summed E-state index contributed by atoms with van der Waals surface area (Å²) in [5.41, 5.74) is 0. The van der Waals surface area contributed by atoms with E-state index in [9.17, 15) is 0 Å².